The Bertz CT molecular complexity index is 845. The monoisotopic (exact) mass is 342 g/mol. The molecular weight excluding hydrogens is 324 g/mol. The van der Waals surface area contributed by atoms with Crippen LogP contribution in [0.15, 0.2) is 41.1 Å². The van der Waals surface area contributed by atoms with E-state index in [1.807, 2.05) is 37.3 Å². The van der Waals surface area contributed by atoms with Gasteiger partial charge in [0, 0.05) is 23.8 Å². The fourth-order valence-electron chi connectivity index (χ4n) is 2.42. The number of nitrogens with zero attached hydrogens (tertiary/aromatic N) is 3. The topological polar surface area (TPSA) is 63.8 Å². The first-order chi connectivity index (χ1) is 11.5. The molecule has 6 heteroatoms. The van der Waals surface area contributed by atoms with Crippen LogP contribution in [0, 0.1) is 6.92 Å². The lowest BCUT2D eigenvalue weighted by molar-refractivity contribution is 0.426. The lowest BCUT2D eigenvalue weighted by Gasteiger charge is -2.12. The fourth-order valence-corrected chi connectivity index (χ4v) is 2.62. The summed E-state index contributed by atoms with van der Waals surface area (Å²) in [5, 5.41) is 7.89. The van der Waals surface area contributed by atoms with Crippen molar-refractivity contribution in [1.82, 2.24) is 15.1 Å². The van der Waals surface area contributed by atoms with Gasteiger partial charge in [-0.15, -0.1) is 0 Å². The summed E-state index contributed by atoms with van der Waals surface area (Å²) in [7, 11) is 0. The van der Waals surface area contributed by atoms with E-state index in [0.29, 0.717) is 18.3 Å². The average Bonchev–Trinajstić information content (AvgIpc) is 3.00. The molecule has 2 aromatic heterocycles. The molecule has 0 radical (unpaired) electrons. The van der Waals surface area contributed by atoms with Gasteiger partial charge < -0.3 is 9.84 Å². The van der Waals surface area contributed by atoms with Crippen LogP contribution in [-0.4, -0.2) is 15.1 Å². The van der Waals surface area contributed by atoms with Crippen molar-refractivity contribution in [3.8, 4) is 11.3 Å². The molecule has 1 N–H and O–H groups in total. The Hall–Kier alpha value is -2.40. The van der Waals surface area contributed by atoms with E-state index in [0.717, 1.165) is 27.5 Å². The third-order valence-corrected chi connectivity index (χ3v) is 4.02. The Morgan fingerprint density at radius 2 is 2.04 bits per heavy atom. The van der Waals surface area contributed by atoms with Crippen LogP contribution in [0.25, 0.3) is 11.3 Å². The second kappa shape index (κ2) is 7.01. The predicted octanol–water partition coefficient (Wildman–Crippen LogP) is 4.83. The van der Waals surface area contributed by atoms with Gasteiger partial charge in [0.1, 0.15) is 0 Å². The molecule has 3 rings (SSSR count). The molecule has 0 unspecified atom stereocenters. The van der Waals surface area contributed by atoms with Gasteiger partial charge in [-0.05, 0) is 24.5 Å². The number of hydrogen-bond acceptors (Lipinski definition) is 5. The molecule has 3 aromatic rings. The van der Waals surface area contributed by atoms with E-state index in [9.17, 15) is 0 Å². The molecule has 0 atom stereocenters. The molecule has 1 aromatic carbocycles. The number of nitrogens with one attached hydrogen (secondary N) is 1. The standard InChI is InChI=1S/C18H19ClN4O/c1-11(2)17-14(16-8-12(3)23-24-16)10-21-18(22-17)20-9-13-6-4-5-7-15(13)19/h4-8,10-11H,9H2,1-3H3,(H,20,21,22). The van der Waals surface area contributed by atoms with Crippen molar-refractivity contribution in [3.63, 3.8) is 0 Å². The van der Waals surface area contributed by atoms with Crippen molar-refractivity contribution >= 4 is 17.5 Å². The second-order valence-corrected chi connectivity index (χ2v) is 6.33. The lowest BCUT2D eigenvalue weighted by Crippen LogP contribution is -2.07. The first kappa shape index (κ1) is 16.5. The van der Waals surface area contributed by atoms with Gasteiger partial charge in [0.2, 0.25) is 5.95 Å². The number of benzene rings is 1. The Morgan fingerprint density at radius 3 is 2.71 bits per heavy atom. The summed E-state index contributed by atoms with van der Waals surface area (Å²) in [6, 6.07) is 9.60. The molecule has 0 saturated heterocycles. The van der Waals surface area contributed by atoms with Crippen molar-refractivity contribution < 1.29 is 4.52 Å². The SMILES string of the molecule is Cc1cc(-c2cnc(NCc3ccccc3Cl)nc2C(C)C)on1. The first-order valence-electron chi connectivity index (χ1n) is 7.82. The number of hydrogen-bond donors (Lipinski definition) is 1. The van der Waals surface area contributed by atoms with Crippen molar-refractivity contribution in [2.24, 2.45) is 0 Å². The minimum absolute atomic E-state index is 0.231. The zero-order valence-corrected chi connectivity index (χ0v) is 14.6. The zero-order chi connectivity index (χ0) is 17.1. The second-order valence-electron chi connectivity index (χ2n) is 5.92. The highest BCUT2D eigenvalue weighted by Gasteiger charge is 2.16. The van der Waals surface area contributed by atoms with Gasteiger partial charge in [-0.1, -0.05) is 48.8 Å². The highest BCUT2D eigenvalue weighted by molar-refractivity contribution is 6.31. The molecule has 0 bridgehead atoms. The van der Waals surface area contributed by atoms with Gasteiger partial charge in [0.15, 0.2) is 5.76 Å². The minimum atomic E-state index is 0.231. The molecule has 0 aliphatic rings. The van der Waals surface area contributed by atoms with Gasteiger partial charge in [0.05, 0.1) is 17.0 Å². The van der Waals surface area contributed by atoms with Crippen molar-refractivity contribution in [3.05, 3.63) is 58.5 Å². The molecule has 0 aliphatic carbocycles. The van der Waals surface area contributed by atoms with Crippen LogP contribution in [0.2, 0.25) is 5.02 Å². The third-order valence-electron chi connectivity index (χ3n) is 3.65. The van der Waals surface area contributed by atoms with Gasteiger partial charge in [-0.2, -0.15) is 0 Å². The molecule has 0 spiro atoms. The number of aromatic nitrogens is 3. The molecule has 0 amide bonds. The van der Waals surface area contributed by atoms with Crippen molar-refractivity contribution in [2.75, 3.05) is 5.32 Å². The van der Waals surface area contributed by atoms with Crippen molar-refractivity contribution in [2.45, 2.75) is 33.2 Å². The van der Waals surface area contributed by atoms with Gasteiger partial charge in [-0.3, -0.25) is 0 Å². The Kier molecular flexibility index (Phi) is 4.81. The third kappa shape index (κ3) is 3.57. The van der Waals surface area contributed by atoms with Gasteiger partial charge >= 0.3 is 0 Å². The quantitative estimate of drug-likeness (QED) is 0.719. The Labute approximate surface area is 146 Å². The molecule has 2 heterocycles. The van der Waals surface area contributed by atoms with Crippen LogP contribution in [0.5, 0.6) is 0 Å². The molecule has 0 saturated carbocycles. The number of anilines is 1. The number of aryl methyl sites for hydroxylation is 1. The maximum absolute atomic E-state index is 6.18. The maximum atomic E-state index is 6.18. The Morgan fingerprint density at radius 1 is 1.25 bits per heavy atom. The van der Waals surface area contributed by atoms with E-state index < -0.39 is 0 Å². The summed E-state index contributed by atoms with van der Waals surface area (Å²) in [6.45, 7) is 6.64. The molecule has 0 aliphatic heterocycles. The van der Waals surface area contributed by atoms with Gasteiger partial charge in [-0.25, -0.2) is 9.97 Å². The van der Waals surface area contributed by atoms with Crippen LogP contribution in [0.3, 0.4) is 0 Å². The average molecular weight is 343 g/mol. The largest absolute Gasteiger partial charge is 0.356 e. The van der Waals surface area contributed by atoms with E-state index in [-0.39, 0.29) is 5.92 Å². The summed E-state index contributed by atoms with van der Waals surface area (Å²) >= 11 is 6.18. The first-order valence-corrected chi connectivity index (χ1v) is 8.20. The Balaban J connectivity index is 1.85. The zero-order valence-electron chi connectivity index (χ0n) is 13.9. The molecular formula is C18H19ClN4O. The van der Waals surface area contributed by atoms with Crippen LogP contribution in [0.4, 0.5) is 5.95 Å². The summed E-state index contributed by atoms with van der Waals surface area (Å²) in [6.07, 6.45) is 1.78. The fraction of sp³-hybridized carbons (Fsp3) is 0.278. The molecule has 124 valence electrons. The molecule has 0 fully saturated rings. The lowest BCUT2D eigenvalue weighted by atomic mass is 10.0. The number of rotatable bonds is 5. The molecule has 24 heavy (non-hydrogen) atoms. The van der Waals surface area contributed by atoms with Crippen LogP contribution >= 0.6 is 11.6 Å². The smallest absolute Gasteiger partial charge is 0.223 e. The summed E-state index contributed by atoms with van der Waals surface area (Å²) in [4.78, 5) is 9.05. The number of halogens is 1. The van der Waals surface area contributed by atoms with Crippen LogP contribution in [0.1, 0.15) is 36.7 Å². The normalized spacial score (nSPS) is 11.0. The predicted molar refractivity (Wildman–Crippen MR) is 95.1 cm³/mol. The highest BCUT2D eigenvalue weighted by atomic mass is 35.5. The summed E-state index contributed by atoms with van der Waals surface area (Å²) in [5.74, 6) is 1.49. The van der Waals surface area contributed by atoms with Crippen LogP contribution in [-0.2, 0) is 6.54 Å². The van der Waals surface area contributed by atoms with Gasteiger partial charge in [0.25, 0.3) is 0 Å². The van der Waals surface area contributed by atoms with E-state index in [1.165, 1.54) is 0 Å². The van der Waals surface area contributed by atoms with E-state index >= 15 is 0 Å². The minimum Gasteiger partial charge on any atom is -0.356 e. The van der Waals surface area contributed by atoms with E-state index in [2.05, 4.69) is 34.3 Å². The summed E-state index contributed by atoms with van der Waals surface area (Å²) in [5.41, 5.74) is 3.63. The summed E-state index contributed by atoms with van der Waals surface area (Å²) < 4.78 is 5.36. The van der Waals surface area contributed by atoms with Crippen LogP contribution < -0.4 is 5.32 Å². The highest BCUT2D eigenvalue weighted by Crippen LogP contribution is 2.28. The maximum Gasteiger partial charge on any atom is 0.223 e. The van der Waals surface area contributed by atoms with E-state index in [1.54, 1.807) is 6.20 Å². The molecule has 5 nitrogen and oxygen atoms in total. The van der Waals surface area contributed by atoms with Crippen molar-refractivity contribution in [1.29, 1.82) is 0 Å². The van der Waals surface area contributed by atoms with E-state index in [4.69, 9.17) is 16.1 Å².